The molecule has 2 bridgehead atoms. The summed E-state index contributed by atoms with van der Waals surface area (Å²) in [7, 11) is 0. The monoisotopic (exact) mass is 305 g/mol. The molecule has 2 unspecified atom stereocenters. The number of nitrogens with zero attached hydrogens (tertiary/aromatic N) is 2. The van der Waals surface area contributed by atoms with Crippen molar-refractivity contribution in [2.45, 2.75) is 31.8 Å². The number of hydrazone groups is 1. The van der Waals surface area contributed by atoms with Gasteiger partial charge in [-0.1, -0.05) is 17.7 Å². The number of halogens is 1. The molecule has 1 aromatic carbocycles. The van der Waals surface area contributed by atoms with Gasteiger partial charge in [0.15, 0.2) is 0 Å². The minimum Gasteiger partial charge on any atom is -0.492 e. The summed E-state index contributed by atoms with van der Waals surface area (Å²) >= 11 is 6.34. The highest BCUT2D eigenvalue weighted by atomic mass is 35.5. The molecule has 112 valence electrons. The molecule has 0 aromatic heterocycles. The van der Waals surface area contributed by atoms with E-state index >= 15 is 0 Å². The van der Waals surface area contributed by atoms with Gasteiger partial charge in [-0.25, -0.2) is 0 Å². The topological polar surface area (TPSA) is 36.9 Å². The minimum atomic E-state index is 0.219. The average molecular weight is 306 g/mol. The normalized spacial score (nSPS) is 33.3. The van der Waals surface area contributed by atoms with Crippen LogP contribution in [0.3, 0.4) is 0 Å². The highest BCUT2D eigenvalue weighted by Gasteiger charge is 2.46. The number of hydrogen-bond acceptors (Lipinski definition) is 4. The molecular formula is C16H20ClN3O. The van der Waals surface area contributed by atoms with Crippen molar-refractivity contribution in [2.24, 2.45) is 11.0 Å². The van der Waals surface area contributed by atoms with Crippen molar-refractivity contribution in [3.8, 4) is 5.75 Å². The lowest BCUT2D eigenvalue weighted by molar-refractivity contribution is 0.133. The van der Waals surface area contributed by atoms with Crippen LogP contribution in [0.2, 0.25) is 5.02 Å². The third kappa shape index (κ3) is 2.12. The fraction of sp³-hybridized carbons (Fsp3) is 0.562. The Hall–Kier alpha value is -1.26. The van der Waals surface area contributed by atoms with Crippen molar-refractivity contribution < 1.29 is 4.74 Å². The largest absolute Gasteiger partial charge is 0.492 e. The summed E-state index contributed by atoms with van der Waals surface area (Å²) in [5.41, 5.74) is 5.89. The molecular weight excluding hydrogens is 286 g/mol. The third-order valence-electron chi connectivity index (χ3n) is 4.91. The molecule has 4 aliphatic rings. The second kappa shape index (κ2) is 5.18. The predicted molar refractivity (Wildman–Crippen MR) is 84.0 cm³/mol. The third-order valence-corrected chi connectivity index (χ3v) is 5.20. The summed E-state index contributed by atoms with van der Waals surface area (Å²) in [5.74, 6) is 1.43. The molecule has 0 spiro atoms. The quantitative estimate of drug-likeness (QED) is 0.933. The Labute approximate surface area is 130 Å². The minimum absolute atomic E-state index is 0.219. The van der Waals surface area contributed by atoms with Gasteiger partial charge >= 0.3 is 0 Å². The first-order chi connectivity index (χ1) is 10.3. The van der Waals surface area contributed by atoms with Crippen molar-refractivity contribution in [3.05, 3.63) is 28.8 Å². The molecule has 0 aliphatic carbocycles. The molecule has 2 atom stereocenters. The first-order valence-electron chi connectivity index (χ1n) is 7.77. The van der Waals surface area contributed by atoms with Crippen molar-refractivity contribution >= 4 is 17.3 Å². The number of benzene rings is 1. The Morgan fingerprint density at radius 1 is 1.38 bits per heavy atom. The maximum absolute atomic E-state index is 6.34. The molecule has 3 saturated heterocycles. The van der Waals surface area contributed by atoms with Gasteiger partial charge in [0.05, 0.1) is 29.4 Å². The van der Waals surface area contributed by atoms with E-state index in [9.17, 15) is 0 Å². The van der Waals surface area contributed by atoms with Crippen LogP contribution in [0.1, 0.15) is 31.4 Å². The Kier molecular flexibility index (Phi) is 3.31. The Bertz CT molecular complexity index is 581. The van der Waals surface area contributed by atoms with E-state index in [4.69, 9.17) is 16.3 Å². The highest BCUT2D eigenvalue weighted by molar-refractivity contribution is 6.32. The van der Waals surface area contributed by atoms with Crippen molar-refractivity contribution in [2.75, 3.05) is 19.7 Å². The van der Waals surface area contributed by atoms with E-state index in [2.05, 4.69) is 21.5 Å². The van der Waals surface area contributed by atoms with Gasteiger partial charge in [-0.3, -0.25) is 4.90 Å². The SMILES string of the molecule is CCOc1ccc(C2NN=C3C4CCN(CC4)C32)cc1Cl. The molecule has 4 aliphatic heterocycles. The molecule has 3 fully saturated rings. The Morgan fingerprint density at radius 2 is 2.19 bits per heavy atom. The number of piperidine rings is 3. The summed E-state index contributed by atoms with van der Waals surface area (Å²) < 4.78 is 5.52. The van der Waals surface area contributed by atoms with Crippen LogP contribution in [-0.4, -0.2) is 36.3 Å². The summed E-state index contributed by atoms with van der Waals surface area (Å²) in [5, 5.41) is 5.32. The number of fused-ring (bicyclic) bond motifs is 2. The molecule has 0 radical (unpaired) electrons. The zero-order chi connectivity index (χ0) is 14.4. The van der Waals surface area contributed by atoms with Gasteiger partial charge in [0.2, 0.25) is 0 Å². The molecule has 5 rings (SSSR count). The zero-order valence-electron chi connectivity index (χ0n) is 12.2. The van der Waals surface area contributed by atoms with Gasteiger partial charge in [-0.2, -0.15) is 5.10 Å². The van der Waals surface area contributed by atoms with Crippen LogP contribution in [0.4, 0.5) is 0 Å². The Morgan fingerprint density at radius 3 is 2.90 bits per heavy atom. The number of hydrogen-bond donors (Lipinski definition) is 1. The summed E-state index contributed by atoms with van der Waals surface area (Å²) in [4.78, 5) is 2.56. The van der Waals surface area contributed by atoms with Gasteiger partial charge < -0.3 is 10.2 Å². The molecule has 4 nitrogen and oxygen atoms in total. The maximum Gasteiger partial charge on any atom is 0.137 e. The van der Waals surface area contributed by atoms with Crippen LogP contribution in [-0.2, 0) is 0 Å². The standard InChI is InChI=1S/C16H20ClN3O/c1-2-21-13-4-3-11(9-12(13)17)15-16-14(18-19-15)10-5-7-20(16)8-6-10/h3-4,9-10,15-16,19H,2,5-8H2,1H3. The van der Waals surface area contributed by atoms with Crippen molar-refractivity contribution in [1.29, 1.82) is 0 Å². The van der Waals surface area contributed by atoms with Crippen LogP contribution < -0.4 is 10.2 Å². The van der Waals surface area contributed by atoms with Gasteiger partial charge in [-0.15, -0.1) is 0 Å². The molecule has 21 heavy (non-hydrogen) atoms. The first-order valence-corrected chi connectivity index (χ1v) is 8.15. The zero-order valence-corrected chi connectivity index (χ0v) is 12.9. The highest BCUT2D eigenvalue weighted by Crippen LogP contribution is 2.40. The molecule has 1 aromatic rings. The van der Waals surface area contributed by atoms with Crippen molar-refractivity contribution in [1.82, 2.24) is 10.3 Å². The second-order valence-corrected chi connectivity index (χ2v) is 6.43. The predicted octanol–water partition coefficient (Wildman–Crippen LogP) is 2.83. The lowest BCUT2D eigenvalue weighted by atomic mass is 9.78. The van der Waals surface area contributed by atoms with E-state index in [1.165, 1.54) is 37.2 Å². The molecule has 0 saturated carbocycles. The van der Waals surface area contributed by atoms with Gasteiger partial charge in [-0.05, 0) is 50.6 Å². The van der Waals surface area contributed by atoms with E-state index in [0.29, 0.717) is 23.6 Å². The smallest absolute Gasteiger partial charge is 0.137 e. The number of rotatable bonds is 3. The molecule has 1 N–H and O–H groups in total. The fourth-order valence-corrected chi connectivity index (χ4v) is 4.14. The first kappa shape index (κ1) is 13.4. The van der Waals surface area contributed by atoms with E-state index < -0.39 is 0 Å². The van der Waals surface area contributed by atoms with Crippen LogP contribution >= 0.6 is 11.6 Å². The van der Waals surface area contributed by atoms with Gasteiger partial charge in [0.1, 0.15) is 5.75 Å². The molecule has 4 heterocycles. The van der Waals surface area contributed by atoms with Gasteiger partial charge in [0, 0.05) is 5.92 Å². The number of ether oxygens (including phenoxy) is 1. The van der Waals surface area contributed by atoms with Crippen LogP contribution in [0.15, 0.2) is 23.3 Å². The lowest BCUT2D eigenvalue weighted by Crippen LogP contribution is -2.56. The van der Waals surface area contributed by atoms with Crippen LogP contribution in [0, 0.1) is 5.92 Å². The van der Waals surface area contributed by atoms with Crippen LogP contribution in [0.5, 0.6) is 5.75 Å². The van der Waals surface area contributed by atoms with E-state index in [1.54, 1.807) is 0 Å². The Balaban J connectivity index is 1.62. The summed E-state index contributed by atoms with van der Waals surface area (Å²) in [6, 6.07) is 6.72. The maximum atomic E-state index is 6.34. The number of nitrogens with one attached hydrogen (secondary N) is 1. The summed E-state index contributed by atoms with van der Waals surface area (Å²) in [6.07, 6.45) is 2.52. The molecule has 5 heteroatoms. The average Bonchev–Trinajstić information content (AvgIpc) is 2.98. The molecule has 0 amide bonds. The lowest BCUT2D eigenvalue weighted by Gasteiger charge is -2.45. The van der Waals surface area contributed by atoms with E-state index in [1.807, 2.05) is 19.1 Å². The second-order valence-electron chi connectivity index (χ2n) is 6.02. The van der Waals surface area contributed by atoms with E-state index in [-0.39, 0.29) is 6.04 Å². The fourth-order valence-electron chi connectivity index (χ4n) is 3.90. The summed E-state index contributed by atoms with van der Waals surface area (Å²) in [6.45, 7) is 4.98. The van der Waals surface area contributed by atoms with Crippen molar-refractivity contribution in [3.63, 3.8) is 0 Å². The van der Waals surface area contributed by atoms with Gasteiger partial charge in [0.25, 0.3) is 0 Å². The van der Waals surface area contributed by atoms with Crippen LogP contribution in [0.25, 0.3) is 0 Å². The van der Waals surface area contributed by atoms with E-state index in [0.717, 1.165) is 5.75 Å².